The van der Waals surface area contributed by atoms with Gasteiger partial charge in [0.1, 0.15) is 0 Å². The van der Waals surface area contributed by atoms with E-state index in [-0.39, 0.29) is 24.8 Å². The Hall–Kier alpha value is 0.0800. The van der Waals surface area contributed by atoms with Crippen LogP contribution in [-0.2, 0) is 24.7 Å². The molecular formula is C19H19Cl2SSiZr. The number of allylic oxidation sites excluding steroid dienone is 2. The van der Waals surface area contributed by atoms with Gasteiger partial charge in [-0.15, -0.1) is 11.3 Å². The first-order chi connectivity index (χ1) is 10.5. The summed E-state index contributed by atoms with van der Waals surface area (Å²) in [6.07, 6.45) is 4.50. The van der Waals surface area contributed by atoms with Crippen molar-refractivity contribution in [2.45, 2.75) is 29.2 Å². The van der Waals surface area contributed by atoms with Gasteiger partial charge in [-0.05, 0) is 29.1 Å². The number of thiophene rings is 1. The molecule has 123 valence electrons. The van der Waals surface area contributed by atoms with Crippen molar-refractivity contribution in [1.82, 2.24) is 0 Å². The summed E-state index contributed by atoms with van der Waals surface area (Å²) in [5, 5.41) is 4.02. The zero-order chi connectivity index (χ0) is 15.5. The monoisotopic (exact) mass is 467 g/mol. The van der Waals surface area contributed by atoms with Crippen molar-refractivity contribution in [2.24, 2.45) is 0 Å². The maximum atomic E-state index is 2.51. The number of fused-ring (bicyclic) bond motifs is 1. The fourth-order valence-corrected chi connectivity index (χ4v) is 11.5. The van der Waals surface area contributed by atoms with Gasteiger partial charge in [-0.25, -0.2) is 0 Å². The van der Waals surface area contributed by atoms with Crippen molar-refractivity contribution in [3.05, 3.63) is 68.9 Å². The molecule has 2 bridgehead atoms. The van der Waals surface area contributed by atoms with Crippen molar-refractivity contribution in [3.8, 4) is 0 Å². The van der Waals surface area contributed by atoms with Gasteiger partial charge in [0.25, 0.3) is 0 Å². The van der Waals surface area contributed by atoms with Gasteiger partial charge in [-0.1, -0.05) is 18.7 Å². The number of halogens is 2. The second-order valence-corrected chi connectivity index (χ2v) is 13.8. The average molecular weight is 470 g/mol. The molecule has 3 heterocycles. The van der Waals surface area contributed by atoms with Crippen LogP contribution in [0.3, 0.4) is 0 Å². The summed E-state index contributed by atoms with van der Waals surface area (Å²) in [6.45, 7) is 7.34. The number of rotatable bonds is 0. The molecule has 2 aliphatic heterocycles. The molecule has 4 aliphatic rings. The molecule has 2 atom stereocenters. The van der Waals surface area contributed by atoms with Crippen LogP contribution in [0.1, 0.15) is 37.7 Å². The molecule has 2 aliphatic carbocycles. The average Bonchev–Trinajstić information content (AvgIpc) is 3.18. The van der Waals surface area contributed by atoms with E-state index in [9.17, 15) is 0 Å². The predicted octanol–water partition coefficient (Wildman–Crippen LogP) is -0.271. The number of hydrogen-bond acceptors (Lipinski definition) is 1. The van der Waals surface area contributed by atoms with Crippen LogP contribution in [0, 0.1) is 0 Å². The molecule has 1 aromatic carbocycles. The van der Waals surface area contributed by atoms with Gasteiger partial charge in [0.05, 0.1) is 8.07 Å². The molecule has 0 nitrogen and oxygen atoms in total. The molecule has 0 amide bonds. The molecule has 1 aromatic heterocycles. The number of hydrogen-bond donors (Lipinski definition) is 0. The van der Waals surface area contributed by atoms with Gasteiger partial charge in [0.15, 0.2) is 0 Å². The molecule has 0 fully saturated rings. The van der Waals surface area contributed by atoms with Gasteiger partial charge in [-0.2, -0.15) is 0 Å². The Bertz CT molecular complexity index is 822. The second-order valence-electron chi connectivity index (χ2n) is 6.88. The molecule has 0 spiro atoms. The zero-order valence-electron chi connectivity index (χ0n) is 13.9. The second kappa shape index (κ2) is 7.37. The van der Waals surface area contributed by atoms with Crippen LogP contribution in [0.4, 0.5) is 0 Å². The van der Waals surface area contributed by atoms with Crippen molar-refractivity contribution >= 4 is 30.7 Å². The molecule has 6 rings (SSSR count). The van der Waals surface area contributed by atoms with E-state index in [0.29, 0.717) is 3.63 Å². The van der Waals surface area contributed by atoms with Crippen LogP contribution >= 0.6 is 11.3 Å². The van der Waals surface area contributed by atoms with E-state index in [1.807, 2.05) is 11.3 Å². The fraction of sp³-hybridized carbons (Fsp3) is 0.263. The maximum absolute atomic E-state index is 2.51. The van der Waals surface area contributed by atoms with Crippen molar-refractivity contribution in [3.63, 3.8) is 0 Å². The van der Waals surface area contributed by atoms with Gasteiger partial charge in [0, 0.05) is 10.4 Å². The standard InChI is InChI=1S/C10H12SSi.C9H7.2ClH.Zr/c1-6-9-7-4-5-11-8(7)10(6)12(9,2)3;1-2-5-9-7-3-6-8(9)4-1;;;/h4-5,9H,1-3H3;1-7H;2*1H;/q;;;;+2/p-2. The Morgan fingerprint density at radius 1 is 1.04 bits per heavy atom. The molecule has 2 unspecified atom stereocenters. The van der Waals surface area contributed by atoms with Gasteiger partial charge < -0.3 is 24.8 Å². The first-order valence-corrected chi connectivity index (χ1v) is 13.2. The normalized spacial score (nSPS) is 23.2. The summed E-state index contributed by atoms with van der Waals surface area (Å²) in [4.78, 5) is 1.63. The quantitative estimate of drug-likeness (QED) is 0.466. The number of benzene rings is 1. The summed E-state index contributed by atoms with van der Waals surface area (Å²) in [6, 6.07) is 10.9. The van der Waals surface area contributed by atoms with E-state index >= 15 is 0 Å². The minimum atomic E-state index is -0.972. The van der Waals surface area contributed by atoms with E-state index in [0.717, 1.165) is 5.54 Å². The first kappa shape index (κ1) is 20.4. The van der Waals surface area contributed by atoms with E-state index < -0.39 is 8.07 Å². The van der Waals surface area contributed by atoms with Crippen molar-refractivity contribution in [1.29, 1.82) is 0 Å². The molecule has 24 heavy (non-hydrogen) atoms. The third kappa shape index (κ3) is 2.91. The molecule has 0 N–H and O–H groups in total. The van der Waals surface area contributed by atoms with Crippen LogP contribution in [0.15, 0.2) is 47.4 Å². The third-order valence-corrected chi connectivity index (χ3v) is 11.7. The SMILES string of the molecule is CC1=C2c3sccc3C1[Si]2(C)C.[Cl-].[Cl-].[Zr+2][CH]1C=Cc2ccccc21. The molecular weight excluding hydrogens is 450 g/mol. The van der Waals surface area contributed by atoms with Crippen LogP contribution in [0.25, 0.3) is 11.3 Å². The summed E-state index contributed by atoms with van der Waals surface area (Å²) in [5.74, 6) is 0. The van der Waals surface area contributed by atoms with Crippen molar-refractivity contribution in [2.75, 3.05) is 0 Å². The van der Waals surface area contributed by atoms with Crippen LogP contribution in [0.2, 0.25) is 13.1 Å². The van der Waals surface area contributed by atoms with Gasteiger partial charge in [0.2, 0.25) is 0 Å². The minimum absolute atomic E-state index is 0. The summed E-state index contributed by atoms with van der Waals surface area (Å²) >= 11 is 3.53. The molecule has 2 aromatic rings. The van der Waals surface area contributed by atoms with Gasteiger partial charge >= 0.3 is 75.9 Å². The van der Waals surface area contributed by atoms with E-state index in [2.05, 4.69) is 67.9 Å². The Morgan fingerprint density at radius 2 is 1.75 bits per heavy atom. The van der Waals surface area contributed by atoms with E-state index in [4.69, 9.17) is 0 Å². The van der Waals surface area contributed by atoms with Gasteiger partial charge in [-0.3, -0.25) is 0 Å². The Labute approximate surface area is 177 Å². The summed E-state index contributed by atoms with van der Waals surface area (Å²) in [5.41, 5.74) is 7.14. The molecule has 0 radical (unpaired) electrons. The Kier molecular flexibility index (Phi) is 6.26. The molecule has 0 saturated heterocycles. The van der Waals surface area contributed by atoms with Crippen LogP contribution in [-0.4, -0.2) is 8.07 Å². The first-order valence-electron chi connectivity index (χ1n) is 7.79. The summed E-state index contributed by atoms with van der Waals surface area (Å²) in [7, 11) is -0.972. The molecule has 5 heteroatoms. The zero-order valence-corrected chi connectivity index (χ0v) is 19.7. The summed E-state index contributed by atoms with van der Waals surface area (Å²) < 4.78 is 0.711. The fourth-order valence-electron chi connectivity index (χ4n) is 4.35. The Morgan fingerprint density at radius 3 is 2.38 bits per heavy atom. The third-order valence-electron chi connectivity index (χ3n) is 5.23. The van der Waals surface area contributed by atoms with Crippen molar-refractivity contribution < 1.29 is 49.5 Å². The van der Waals surface area contributed by atoms with Crippen LogP contribution in [0.5, 0.6) is 0 Å². The van der Waals surface area contributed by atoms with Crippen LogP contribution < -0.4 is 24.8 Å². The topological polar surface area (TPSA) is 0 Å². The Balaban J connectivity index is 0.000000163. The predicted molar refractivity (Wildman–Crippen MR) is 95.4 cm³/mol. The van der Waals surface area contributed by atoms with E-state index in [1.54, 1.807) is 45.9 Å². The van der Waals surface area contributed by atoms with E-state index in [1.165, 1.54) is 11.1 Å². The molecule has 0 saturated carbocycles.